The summed E-state index contributed by atoms with van der Waals surface area (Å²) in [5, 5.41) is 10.3. The van der Waals surface area contributed by atoms with Crippen molar-refractivity contribution in [3.8, 4) is 0 Å². The molecule has 1 amide bonds. The third-order valence-corrected chi connectivity index (χ3v) is 3.65. The lowest BCUT2D eigenvalue weighted by Gasteiger charge is -2.27. The van der Waals surface area contributed by atoms with Gasteiger partial charge in [0.25, 0.3) is 0 Å². The first kappa shape index (κ1) is 15.7. The quantitative estimate of drug-likeness (QED) is 0.740. The zero-order chi connectivity index (χ0) is 16.8. The number of aliphatic imine (C=N–C) groups is 1. The van der Waals surface area contributed by atoms with Crippen LogP contribution in [0.3, 0.4) is 0 Å². The molecule has 2 unspecified atom stereocenters. The second-order valence-electron chi connectivity index (χ2n) is 6.50. The molecule has 8 heteroatoms. The van der Waals surface area contributed by atoms with Crippen molar-refractivity contribution >= 4 is 29.6 Å². The fourth-order valence-electron chi connectivity index (χ4n) is 2.51. The maximum absolute atomic E-state index is 12.4. The van der Waals surface area contributed by atoms with Gasteiger partial charge in [-0.1, -0.05) is 11.6 Å². The monoisotopic (exact) mass is 335 g/mol. The molecule has 1 aromatic heterocycles. The molecular formula is C15H18ClN5O2. The van der Waals surface area contributed by atoms with E-state index in [4.69, 9.17) is 16.3 Å². The Morgan fingerprint density at radius 2 is 2.13 bits per heavy atom. The van der Waals surface area contributed by atoms with Gasteiger partial charge in [-0.3, -0.25) is 4.68 Å². The number of rotatable bonds is 1. The Bertz CT molecular complexity index is 728. The number of halogens is 1. The van der Waals surface area contributed by atoms with Crippen molar-refractivity contribution in [2.24, 2.45) is 23.1 Å². The highest BCUT2D eigenvalue weighted by Gasteiger charge is 2.42. The summed E-state index contributed by atoms with van der Waals surface area (Å²) in [7, 11) is 1.83. The Kier molecular flexibility index (Phi) is 3.75. The minimum atomic E-state index is -0.599. The van der Waals surface area contributed by atoms with Gasteiger partial charge < -0.3 is 4.74 Å². The summed E-state index contributed by atoms with van der Waals surface area (Å²) in [5.41, 5.74) is 0.959. The minimum absolute atomic E-state index is 0.170. The molecule has 0 aliphatic carbocycles. The molecule has 0 saturated heterocycles. The standard InChI is InChI=1S/C15H18ClN5O2/c1-15(2,3)23-14(22)21-11-7-17-12(16)5-10(11)13(19-21)9-6-18-20(4)8-9/h5-8,10-11H,1-4H3. The Balaban J connectivity index is 1.96. The molecule has 0 fully saturated rings. The molecule has 2 atom stereocenters. The molecule has 1 aromatic rings. The predicted octanol–water partition coefficient (Wildman–Crippen LogP) is 2.52. The summed E-state index contributed by atoms with van der Waals surface area (Å²) < 4.78 is 7.12. The number of amides is 1. The van der Waals surface area contributed by atoms with Crippen LogP contribution >= 0.6 is 11.6 Å². The molecule has 122 valence electrons. The number of aromatic nitrogens is 2. The Labute approximate surface area is 139 Å². The molecule has 2 aliphatic heterocycles. The van der Waals surface area contributed by atoms with E-state index in [1.54, 1.807) is 23.2 Å². The third kappa shape index (κ3) is 3.14. The first-order chi connectivity index (χ1) is 10.7. The number of carbonyl (C=O) groups excluding carboxylic acids is 1. The van der Waals surface area contributed by atoms with Crippen molar-refractivity contribution in [1.29, 1.82) is 0 Å². The molecule has 3 heterocycles. The number of nitrogens with zero attached hydrogens (tertiary/aromatic N) is 5. The smallest absolute Gasteiger partial charge is 0.431 e. The summed E-state index contributed by atoms with van der Waals surface area (Å²) in [6.07, 6.45) is 6.47. The summed E-state index contributed by atoms with van der Waals surface area (Å²) in [6.45, 7) is 5.45. The van der Waals surface area contributed by atoms with Crippen molar-refractivity contribution in [3.05, 3.63) is 29.2 Å². The Hall–Kier alpha value is -2.15. The van der Waals surface area contributed by atoms with E-state index < -0.39 is 11.7 Å². The second-order valence-corrected chi connectivity index (χ2v) is 6.88. The second kappa shape index (κ2) is 5.49. The van der Waals surface area contributed by atoms with Gasteiger partial charge in [0.15, 0.2) is 0 Å². The SMILES string of the molecule is Cn1cc(C2=NN(C(=O)OC(C)(C)C)C3C=NC(Cl)=CC23)cn1. The molecule has 0 radical (unpaired) electrons. The van der Waals surface area contributed by atoms with Crippen LogP contribution in [0.15, 0.2) is 33.7 Å². The summed E-state index contributed by atoms with van der Waals surface area (Å²) >= 11 is 6.03. The van der Waals surface area contributed by atoms with Gasteiger partial charge in [-0.05, 0) is 26.8 Å². The molecule has 0 saturated carbocycles. The molecule has 3 rings (SSSR count). The lowest BCUT2D eigenvalue weighted by atomic mass is 9.92. The van der Waals surface area contributed by atoms with Crippen molar-refractivity contribution in [2.75, 3.05) is 0 Å². The summed E-state index contributed by atoms with van der Waals surface area (Å²) in [4.78, 5) is 16.5. The van der Waals surface area contributed by atoms with Gasteiger partial charge in [0.05, 0.1) is 17.8 Å². The van der Waals surface area contributed by atoms with Gasteiger partial charge in [-0.25, -0.2) is 9.79 Å². The molecule has 0 spiro atoms. The first-order valence-corrected chi connectivity index (χ1v) is 7.63. The van der Waals surface area contributed by atoms with Crippen LogP contribution in [0.25, 0.3) is 0 Å². The predicted molar refractivity (Wildman–Crippen MR) is 87.5 cm³/mol. The van der Waals surface area contributed by atoms with Gasteiger partial charge in [0.2, 0.25) is 0 Å². The zero-order valence-electron chi connectivity index (χ0n) is 13.4. The highest BCUT2D eigenvalue weighted by molar-refractivity contribution is 6.30. The van der Waals surface area contributed by atoms with Crippen LogP contribution in [0.4, 0.5) is 4.79 Å². The molecular weight excluding hydrogens is 318 g/mol. The van der Waals surface area contributed by atoms with Crippen LogP contribution in [0, 0.1) is 5.92 Å². The average molecular weight is 336 g/mol. The highest BCUT2D eigenvalue weighted by Crippen LogP contribution is 2.31. The van der Waals surface area contributed by atoms with Crippen molar-refractivity contribution in [2.45, 2.75) is 32.4 Å². The van der Waals surface area contributed by atoms with Crippen LogP contribution in [0.2, 0.25) is 0 Å². The fraction of sp³-hybridized carbons (Fsp3) is 0.467. The fourth-order valence-corrected chi connectivity index (χ4v) is 2.70. The van der Waals surface area contributed by atoms with Crippen LogP contribution < -0.4 is 0 Å². The molecule has 0 N–H and O–H groups in total. The van der Waals surface area contributed by atoms with E-state index >= 15 is 0 Å². The van der Waals surface area contributed by atoms with Gasteiger partial charge in [-0.15, -0.1) is 0 Å². The Morgan fingerprint density at radius 3 is 2.74 bits per heavy atom. The molecule has 2 aliphatic rings. The maximum atomic E-state index is 12.4. The topological polar surface area (TPSA) is 72.1 Å². The van der Waals surface area contributed by atoms with Crippen molar-refractivity contribution in [1.82, 2.24) is 14.8 Å². The van der Waals surface area contributed by atoms with Crippen LogP contribution in [0.1, 0.15) is 26.3 Å². The number of ether oxygens (including phenoxy) is 1. The highest BCUT2D eigenvalue weighted by atomic mass is 35.5. The average Bonchev–Trinajstić information content (AvgIpc) is 3.00. The molecule has 23 heavy (non-hydrogen) atoms. The number of fused-ring (bicyclic) bond motifs is 1. The molecule has 0 aromatic carbocycles. The van der Waals surface area contributed by atoms with Gasteiger partial charge in [0.1, 0.15) is 16.8 Å². The number of carbonyl (C=O) groups is 1. The van der Waals surface area contributed by atoms with E-state index in [0.29, 0.717) is 5.16 Å². The van der Waals surface area contributed by atoms with E-state index in [-0.39, 0.29) is 12.0 Å². The van der Waals surface area contributed by atoms with E-state index in [2.05, 4.69) is 15.2 Å². The minimum Gasteiger partial charge on any atom is -0.442 e. The van der Waals surface area contributed by atoms with E-state index in [1.807, 2.05) is 34.0 Å². The van der Waals surface area contributed by atoms with Gasteiger partial charge in [0, 0.05) is 25.0 Å². The van der Waals surface area contributed by atoms with Crippen LogP contribution in [-0.4, -0.2) is 44.5 Å². The van der Waals surface area contributed by atoms with E-state index in [9.17, 15) is 4.79 Å². The summed E-state index contributed by atoms with van der Waals surface area (Å²) in [5.74, 6) is -0.170. The van der Waals surface area contributed by atoms with Gasteiger partial charge in [-0.2, -0.15) is 15.2 Å². The lowest BCUT2D eigenvalue weighted by molar-refractivity contribution is 0.0234. The normalized spacial score (nSPS) is 23.4. The lowest BCUT2D eigenvalue weighted by Crippen LogP contribution is -2.41. The van der Waals surface area contributed by atoms with Crippen LogP contribution in [-0.2, 0) is 11.8 Å². The molecule has 7 nitrogen and oxygen atoms in total. The third-order valence-electron chi connectivity index (χ3n) is 3.43. The number of hydrogen-bond donors (Lipinski definition) is 0. The van der Waals surface area contributed by atoms with Gasteiger partial charge >= 0.3 is 6.09 Å². The molecule has 0 bridgehead atoms. The first-order valence-electron chi connectivity index (χ1n) is 7.26. The van der Waals surface area contributed by atoms with Crippen molar-refractivity contribution < 1.29 is 9.53 Å². The largest absolute Gasteiger partial charge is 0.442 e. The van der Waals surface area contributed by atoms with Crippen molar-refractivity contribution in [3.63, 3.8) is 0 Å². The zero-order valence-corrected chi connectivity index (χ0v) is 14.2. The number of hydrogen-bond acceptors (Lipinski definition) is 5. The van der Waals surface area contributed by atoms with Crippen LogP contribution in [0.5, 0.6) is 0 Å². The maximum Gasteiger partial charge on any atom is 0.431 e. The van der Waals surface area contributed by atoms with E-state index in [1.165, 1.54) is 5.01 Å². The number of aryl methyl sites for hydroxylation is 1. The summed E-state index contributed by atoms with van der Waals surface area (Å²) in [6, 6.07) is -0.345. The number of hydrazone groups is 1. The Morgan fingerprint density at radius 1 is 1.39 bits per heavy atom. The van der Waals surface area contributed by atoms with E-state index in [0.717, 1.165) is 11.3 Å².